The van der Waals surface area contributed by atoms with Gasteiger partial charge in [0.15, 0.2) is 6.29 Å². The molecule has 0 saturated carbocycles. The lowest BCUT2D eigenvalue weighted by molar-refractivity contribution is -0.207. The highest BCUT2D eigenvalue weighted by Gasteiger charge is 2.57. The highest BCUT2D eigenvalue weighted by atomic mass is 16.7. The Bertz CT molecular complexity index is 173. The first-order chi connectivity index (χ1) is 5.77. The molecule has 0 aromatic carbocycles. The van der Waals surface area contributed by atoms with Crippen LogP contribution in [0.3, 0.4) is 0 Å². The number of methoxy groups -OCH3 is 1. The third kappa shape index (κ3) is 1.14. The van der Waals surface area contributed by atoms with Gasteiger partial charge in [0.25, 0.3) is 0 Å². The van der Waals surface area contributed by atoms with Crippen LogP contribution in [0, 0.1) is 0 Å². The number of hydrogen-bond acceptors (Lipinski definition) is 5. The van der Waals surface area contributed by atoms with Gasteiger partial charge >= 0.3 is 0 Å². The van der Waals surface area contributed by atoms with Crippen LogP contribution in [0.25, 0.3) is 0 Å². The SMILES string of the molecule is CO[C@H]1O[C@H](CO)[C@@H](O)[C@H]2O[C@@H]12. The minimum Gasteiger partial charge on any atom is -0.394 e. The normalized spacial score (nSPS) is 51.8. The van der Waals surface area contributed by atoms with Crippen molar-refractivity contribution in [2.45, 2.75) is 30.7 Å². The molecule has 0 unspecified atom stereocenters. The summed E-state index contributed by atoms with van der Waals surface area (Å²) in [5.41, 5.74) is 0. The van der Waals surface area contributed by atoms with Gasteiger partial charge in [-0.15, -0.1) is 0 Å². The lowest BCUT2D eigenvalue weighted by atomic mass is 10.1. The van der Waals surface area contributed by atoms with Crippen LogP contribution in [0.2, 0.25) is 0 Å². The zero-order chi connectivity index (χ0) is 8.72. The molecule has 0 amide bonds. The van der Waals surface area contributed by atoms with E-state index in [0.717, 1.165) is 0 Å². The second-order valence-corrected chi connectivity index (χ2v) is 3.02. The molecule has 2 heterocycles. The molecule has 0 radical (unpaired) electrons. The standard InChI is InChI=1S/C7H12O5/c1-10-7-6-5(12-6)4(9)3(2-8)11-7/h3-9H,2H2,1H3/t3-,4-,5-,6-,7+/m1/s1. The molecule has 0 spiro atoms. The second kappa shape index (κ2) is 2.93. The number of aliphatic hydroxyl groups excluding tert-OH is 2. The Morgan fingerprint density at radius 2 is 2.08 bits per heavy atom. The minimum absolute atomic E-state index is 0.159. The number of aliphatic hydroxyl groups is 2. The first kappa shape index (κ1) is 8.40. The van der Waals surface area contributed by atoms with Crippen molar-refractivity contribution in [3.05, 3.63) is 0 Å². The molecule has 2 aliphatic heterocycles. The van der Waals surface area contributed by atoms with Gasteiger partial charge in [-0.3, -0.25) is 0 Å². The van der Waals surface area contributed by atoms with E-state index in [0.29, 0.717) is 0 Å². The van der Waals surface area contributed by atoms with E-state index >= 15 is 0 Å². The summed E-state index contributed by atoms with van der Waals surface area (Å²) < 4.78 is 15.3. The lowest BCUT2D eigenvalue weighted by Crippen LogP contribution is -2.47. The van der Waals surface area contributed by atoms with Crippen molar-refractivity contribution < 1.29 is 24.4 Å². The number of hydrogen-bond donors (Lipinski definition) is 2. The molecule has 5 heteroatoms. The Hall–Kier alpha value is -0.200. The van der Waals surface area contributed by atoms with Crippen molar-refractivity contribution in [2.75, 3.05) is 13.7 Å². The molecule has 0 bridgehead atoms. The number of ether oxygens (including phenoxy) is 3. The molecule has 2 N–H and O–H groups in total. The molecular formula is C7H12O5. The van der Waals surface area contributed by atoms with E-state index in [1.54, 1.807) is 0 Å². The third-order valence-electron chi connectivity index (χ3n) is 2.27. The smallest absolute Gasteiger partial charge is 0.186 e. The molecule has 2 fully saturated rings. The molecule has 0 aromatic rings. The average molecular weight is 176 g/mol. The van der Waals surface area contributed by atoms with Gasteiger partial charge in [0.2, 0.25) is 0 Å². The van der Waals surface area contributed by atoms with Crippen molar-refractivity contribution in [1.29, 1.82) is 0 Å². The summed E-state index contributed by atoms with van der Waals surface area (Å²) in [5.74, 6) is 0. The summed E-state index contributed by atoms with van der Waals surface area (Å²) >= 11 is 0. The number of fused-ring (bicyclic) bond motifs is 1. The topological polar surface area (TPSA) is 71.5 Å². The molecule has 5 atom stereocenters. The van der Waals surface area contributed by atoms with Gasteiger partial charge in [-0.25, -0.2) is 0 Å². The van der Waals surface area contributed by atoms with E-state index in [-0.39, 0.29) is 18.8 Å². The highest BCUT2D eigenvalue weighted by molar-refractivity contribution is 5.00. The summed E-state index contributed by atoms with van der Waals surface area (Å²) in [5, 5.41) is 18.2. The van der Waals surface area contributed by atoms with Gasteiger partial charge in [-0.05, 0) is 0 Å². The monoisotopic (exact) mass is 176 g/mol. The van der Waals surface area contributed by atoms with Crippen LogP contribution >= 0.6 is 0 Å². The fourth-order valence-electron chi connectivity index (χ4n) is 1.51. The summed E-state index contributed by atoms with van der Waals surface area (Å²) in [4.78, 5) is 0. The summed E-state index contributed by atoms with van der Waals surface area (Å²) in [7, 11) is 1.51. The van der Waals surface area contributed by atoms with E-state index in [1.807, 2.05) is 0 Å². The van der Waals surface area contributed by atoms with Crippen LogP contribution in [-0.2, 0) is 14.2 Å². The Balaban J connectivity index is 2.01. The predicted octanol–water partition coefficient (Wildman–Crippen LogP) is -1.52. The van der Waals surface area contributed by atoms with Gasteiger partial charge in [0.1, 0.15) is 24.4 Å². The Kier molecular flexibility index (Phi) is 2.05. The van der Waals surface area contributed by atoms with E-state index in [9.17, 15) is 5.11 Å². The zero-order valence-electron chi connectivity index (χ0n) is 6.71. The summed E-state index contributed by atoms with van der Waals surface area (Å²) in [6.45, 7) is -0.215. The minimum atomic E-state index is -0.730. The van der Waals surface area contributed by atoms with Crippen LogP contribution in [-0.4, -0.2) is 54.6 Å². The Morgan fingerprint density at radius 3 is 2.67 bits per heavy atom. The Morgan fingerprint density at radius 1 is 1.33 bits per heavy atom. The van der Waals surface area contributed by atoms with Crippen molar-refractivity contribution in [3.8, 4) is 0 Å². The maximum atomic E-state index is 9.43. The number of rotatable bonds is 2. The van der Waals surface area contributed by atoms with Crippen molar-refractivity contribution >= 4 is 0 Å². The zero-order valence-corrected chi connectivity index (χ0v) is 6.71. The molecule has 0 aromatic heterocycles. The molecule has 2 rings (SSSR count). The fourth-order valence-corrected chi connectivity index (χ4v) is 1.51. The van der Waals surface area contributed by atoms with Gasteiger partial charge in [0.05, 0.1) is 6.61 Å². The van der Waals surface area contributed by atoms with Crippen LogP contribution < -0.4 is 0 Å². The highest BCUT2D eigenvalue weighted by Crippen LogP contribution is 2.37. The fraction of sp³-hybridized carbons (Fsp3) is 1.00. The lowest BCUT2D eigenvalue weighted by Gasteiger charge is -2.28. The first-order valence-electron chi connectivity index (χ1n) is 3.90. The third-order valence-corrected chi connectivity index (χ3v) is 2.27. The summed E-state index contributed by atoms with van der Waals surface area (Å²) in [6.07, 6.45) is -2.14. The molecule has 12 heavy (non-hydrogen) atoms. The molecular weight excluding hydrogens is 164 g/mol. The van der Waals surface area contributed by atoms with Gasteiger partial charge in [-0.1, -0.05) is 0 Å². The van der Waals surface area contributed by atoms with Crippen molar-refractivity contribution in [2.24, 2.45) is 0 Å². The Labute approximate surface area is 69.8 Å². The summed E-state index contributed by atoms with van der Waals surface area (Å²) in [6, 6.07) is 0. The molecule has 5 nitrogen and oxygen atoms in total. The molecule has 70 valence electrons. The largest absolute Gasteiger partial charge is 0.394 e. The average Bonchev–Trinajstić information content (AvgIpc) is 2.85. The molecule has 2 saturated heterocycles. The van der Waals surface area contributed by atoms with Crippen molar-refractivity contribution in [1.82, 2.24) is 0 Å². The molecule has 2 aliphatic rings. The number of epoxide rings is 1. The maximum absolute atomic E-state index is 9.43. The quantitative estimate of drug-likeness (QED) is 0.500. The van der Waals surface area contributed by atoms with E-state index in [2.05, 4.69) is 0 Å². The van der Waals surface area contributed by atoms with E-state index in [1.165, 1.54) is 7.11 Å². The molecule has 0 aliphatic carbocycles. The van der Waals surface area contributed by atoms with Gasteiger partial charge in [-0.2, -0.15) is 0 Å². The van der Waals surface area contributed by atoms with Crippen molar-refractivity contribution in [3.63, 3.8) is 0 Å². The second-order valence-electron chi connectivity index (χ2n) is 3.02. The predicted molar refractivity (Wildman–Crippen MR) is 37.4 cm³/mol. The van der Waals surface area contributed by atoms with Gasteiger partial charge < -0.3 is 24.4 Å². The van der Waals surface area contributed by atoms with E-state index < -0.39 is 18.5 Å². The van der Waals surface area contributed by atoms with Crippen LogP contribution in [0.15, 0.2) is 0 Å². The maximum Gasteiger partial charge on any atom is 0.186 e. The van der Waals surface area contributed by atoms with Crippen LogP contribution in [0.4, 0.5) is 0 Å². The van der Waals surface area contributed by atoms with Crippen LogP contribution in [0.1, 0.15) is 0 Å². The van der Waals surface area contributed by atoms with Gasteiger partial charge in [0, 0.05) is 7.11 Å². The van der Waals surface area contributed by atoms with Crippen LogP contribution in [0.5, 0.6) is 0 Å². The van der Waals surface area contributed by atoms with E-state index in [4.69, 9.17) is 19.3 Å². The first-order valence-corrected chi connectivity index (χ1v) is 3.90.